The fourth-order valence-electron chi connectivity index (χ4n) is 3.59. The molecule has 0 unspecified atom stereocenters. The number of aryl methyl sites for hydroxylation is 4. The highest BCUT2D eigenvalue weighted by molar-refractivity contribution is 5.91. The van der Waals surface area contributed by atoms with Gasteiger partial charge < -0.3 is 5.32 Å². The van der Waals surface area contributed by atoms with E-state index >= 15 is 0 Å². The number of nitrogens with one attached hydrogen (secondary N) is 1. The lowest BCUT2D eigenvalue weighted by Crippen LogP contribution is -2.31. The van der Waals surface area contributed by atoms with E-state index < -0.39 is 0 Å². The van der Waals surface area contributed by atoms with Crippen molar-refractivity contribution in [2.45, 2.75) is 34.2 Å². The summed E-state index contributed by atoms with van der Waals surface area (Å²) in [5.74, 6) is -0.310. The fraction of sp³-hybridized carbons (Fsp3) is 0.217. The zero-order chi connectivity index (χ0) is 21.4. The van der Waals surface area contributed by atoms with Crippen LogP contribution in [0.1, 0.15) is 22.4 Å². The molecule has 7 heteroatoms. The SMILES string of the molecule is Cc1ccc(-n2ncc3c(C)nn(CC(=O)Nc4ccccc4C)c(=O)c32)c(C)c1. The molecule has 0 fully saturated rings. The lowest BCUT2D eigenvalue weighted by molar-refractivity contribution is -0.117. The topological polar surface area (TPSA) is 81.8 Å². The van der Waals surface area contributed by atoms with Gasteiger partial charge in [-0.3, -0.25) is 9.59 Å². The average Bonchev–Trinajstić information content (AvgIpc) is 3.13. The molecule has 4 aromatic rings. The highest BCUT2D eigenvalue weighted by Crippen LogP contribution is 2.21. The first-order valence-corrected chi connectivity index (χ1v) is 9.73. The van der Waals surface area contributed by atoms with Gasteiger partial charge in [-0.25, -0.2) is 9.36 Å². The molecular weight excluding hydrogens is 378 g/mol. The van der Waals surface area contributed by atoms with Crippen LogP contribution in [0.15, 0.2) is 53.5 Å². The van der Waals surface area contributed by atoms with Gasteiger partial charge >= 0.3 is 0 Å². The van der Waals surface area contributed by atoms with Crippen molar-refractivity contribution >= 4 is 22.5 Å². The van der Waals surface area contributed by atoms with Crippen LogP contribution in [0.2, 0.25) is 0 Å². The fourth-order valence-corrected chi connectivity index (χ4v) is 3.59. The van der Waals surface area contributed by atoms with E-state index in [9.17, 15) is 9.59 Å². The van der Waals surface area contributed by atoms with Crippen molar-refractivity contribution in [3.05, 3.63) is 81.4 Å². The van der Waals surface area contributed by atoms with Gasteiger partial charge in [0.1, 0.15) is 12.1 Å². The number of amides is 1. The number of benzene rings is 2. The lowest BCUT2D eigenvalue weighted by atomic mass is 10.1. The van der Waals surface area contributed by atoms with Crippen LogP contribution in [-0.4, -0.2) is 25.5 Å². The van der Waals surface area contributed by atoms with Crippen molar-refractivity contribution in [3.8, 4) is 5.69 Å². The van der Waals surface area contributed by atoms with Crippen LogP contribution in [0.5, 0.6) is 0 Å². The Labute approximate surface area is 174 Å². The minimum atomic E-state index is -0.354. The molecule has 152 valence electrons. The average molecular weight is 401 g/mol. The van der Waals surface area contributed by atoms with Gasteiger partial charge in [-0.15, -0.1) is 0 Å². The number of aromatic nitrogens is 4. The number of fused-ring (bicyclic) bond motifs is 1. The molecule has 0 aliphatic carbocycles. The summed E-state index contributed by atoms with van der Waals surface area (Å²) < 4.78 is 2.84. The number of para-hydroxylation sites is 1. The molecule has 2 aromatic heterocycles. The smallest absolute Gasteiger partial charge is 0.293 e. The second-order valence-corrected chi connectivity index (χ2v) is 7.52. The van der Waals surface area contributed by atoms with Gasteiger partial charge in [0.05, 0.1) is 17.6 Å². The predicted octanol–water partition coefficient (Wildman–Crippen LogP) is 3.45. The molecule has 0 aliphatic heterocycles. The third-order valence-corrected chi connectivity index (χ3v) is 5.16. The molecule has 30 heavy (non-hydrogen) atoms. The van der Waals surface area contributed by atoms with Crippen LogP contribution in [0.4, 0.5) is 5.69 Å². The van der Waals surface area contributed by atoms with Crippen LogP contribution >= 0.6 is 0 Å². The monoisotopic (exact) mass is 401 g/mol. The van der Waals surface area contributed by atoms with E-state index in [2.05, 4.69) is 15.5 Å². The molecular formula is C23H23N5O2. The highest BCUT2D eigenvalue weighted by Gasteiger charge is 2.17. The lowest BCUT2D eigenvalue weighted by Gasteiger charge is -2.11. The Bertz CT molecular complexity index is 1330. The van der Waals surface area contributed by atoms with Crippen molar-refractivity contribution in [2.24, 2.45) is 0 Å². The summed E-state index contributed by atoms with van der Waals surface area (Å²) in [5.41, 5.74) is 5.35. The summed E-state index contributed by atoms with van der Waals surface area (Å²) in [7, 11) is 0. The molecule has 0 saturated carbocycles. The normalized spacial score (nSPS) is 11.1. The van der Waals surface area contributed by atoms with Crippen molar-refractivity contribution in [3.63, 3.8) is 0 Å². The first kappa shape index (κ1) is 19.6. The Balaban J connectivity index is 1.75. The molecule has 0 bridgehead atoms. The first-order chi connectivity index (χ1) is 14.3. The van der Waals surface area contributed by atoms with E-state index in [1.807, 2.05) is 70.2 Å². The summed E-state index contributed by atoms with van der Waals surface area (Å²) in [6, 6.07) is 13.5. The minimum Gasteiger partial charge on any atom is -0.324 e. The number of carbonyl (C=O) groups is 1. The third kappa shape index (κ3) is 3.50. The van der Waals surface area contributed by atoms with E-state index in [1.165, 1.54) is 4.68 Å². The Morgan fingerprint density at radius 1 is 1.03 bits per heavy atom. The van der Waals surface area contributed by atoms with Crippen LogP contribution in [-0.2, 0) is 11.3 Å². The number of nitrogens with zero attached hydrogens (tertiary/aromatic N) is 4. The summed E-state index contributed by atoms with van der Waals surface area (Å²) in [6.45, 7) is 7.55. The summed E-state index contributed by atoms with van der Waals surface area (Å²) in [6.07, 6.45) is 1.65. The molecule has 0 radical (unpaired) electrons. The zero-order valence-corrected chi connectivity index (χ0v) is 17.4. The van der Waals surface area contributed by atoms with E-state index in [1.54, 1.807) is 10.9 Å². The van der Waals surface area contributed by atoms with E-state index in [4.69, 9.17) is 0 Å². The van der Waals surface area contributed by atoms with Crippen molar-refractivity contribution in [2.75, 3.05) is 5.32 Å². The summed E-state index contributed by atoms with van der Waals surface area (Å²) in [4.78, 5) is 25.8. The maximum Gasteiger partial charge on any atom is 0.293 e. The molecule has 0 aliphatic rings. The van der Waals surface area contributed by atoms with Crippen LogP contribution in [0, 0.1) is 27.7 Å². The zero-order valence-electron chi connectivity index (χ0n) is 17.4. The van der Waals surface area contributed by atoms with Gasteiger partial charge in [-0.2, -0.15) is 10.2 Å². The maximum atomic E-state index is 13.2. The molecule has 0 spiro atoms. The van der Waals surface area contributed by atoms with Crippen molar-refractivity contribution < 1.29 is 4.79 Å². The standard InChI is InChI=1S/C23H23N5O2/c1-14-9-10-20(16(3)11-14)28-22-18(12-24-28)17(4)26-27(23(22)30)13-21(29)25-19-8-6-5-7-15(19)2/h5-12H,13H2,1-4H3,(H,25,29). The third-order valence-electron chi connectivity index (χ3n) is 5.16. The quantitative estimate of drug-likeness (QED) is 0.568. The van der Waals surface area contributed by atoms with Gasteiger partial charge in [-0.05, 0) is 51.0 Å². The molecule has 2 aromatic carbocycles. The van der Waals surface area contributed by atoms with Gasteiger partial charge in [0, 0.05) is 11.1 Å². The van der Waals surface area contributed by atoms with E-state index in [0.29, 0.717) is 22.3 Å². The second-order valence-electron chi connectivity index (χ2n) is 7.52. The molecule has 0 atom stereocenters. The molecule has 4 rings (SSSR count). The number of hydrogen-bond acceptors (Lipinski definition) is 4. The molecule has 2 heterocycles. The summed E-state index contributed by atoms with van der Waals surface area (Å²) in [5, 5.41) is 12.3. The van der Waals surface area contributed by atoms with Crippen molar-refractivity contribution in [1.82, 2.24) is 19.6 Å². The van der Waals surface area contributed by atoms with Gasteiger partial charge in [0.25, 0.3) is 5.56 Å². The Morgan fingerprint density at radius 3 is 2.53 bits per heavy atom. The highest BCUT2D eigenvalue weighted by atomic mass is 16.2. The van der Waals surface area contributed by atoms with Gasteiger partial charge in [0.15, 0.2) is 0 Å². The first-order valence-electron chi connectivity index (χ1n) is 9.73. The van der Waals surface area contributed by atoms with E-state index in [0.717, 1.165) is 22.4 Å². The van der Waals surface area contributed by atoms with E-state index in [-0.39, 0.29) is 18.0 Å². The number of anilines is 1. The molecule has 7 nitrogen and oxygen atoms in total. The Hall–Kier alpha value is -3.74. The van der Waals surface area contributed by atoms with Crippen LogP contribution < -0.4 is 10.9 Å². The Morgan fingerprint density at radius 2 is 1.80 bits per heavy atom. The number of rotatable bonds is 4. The molecule has 0 saturated heterocycles. The van der Waals surface area contributed by atoms with Crippen molar-refractivity contribution in [1.29, 1.82) is 0 Å². The predicted molar refractivity (Wildman–Crippen MR) is 117 cm³/mol. The largest absolute Gasteiger partial charge is 0.324 e. The van der Waals surface area contributed by atoms with Crippen LogP contribution in [0.25, 0.3) is 16.6 Å². The number of hydrogen-bond donors (Lipinski definition) is 1. The number of carbonyl (C=O) groups excluding carboxylic acids is 1. The van der Waals surface area contributed by atoms with Gasteiger partial charge in [0.2, 0.25) is 5.91 Å². The van der Waals surface area contributed by atoms with Gasteiger partial charge in [-0.1, -0.05) is 35.9 Å². The minimum absolute atomic E-state index is 0.179. The summed E-state index contributed by atoms with van der Waals surface area (Å²) >= 11 is 0. The maximum absolute atomic E-state index is 13.2. The second kappa shape index (κ2) is 7.59. The Kier molecular flexibility index (Phi) is 4.95. The molecule has 1 amide bonds. The van der Waals surface area contributed by atoms with Crippen LogP contribution in [0.3, 0.4) is 0 Å². The molecule has 1 N–H and O–H groups in total.